The molecule has 2 unspecified atom stereocenters. The van der Waals surface area contributed by atoms with Gasteiger partial charge in [0.1, 0.15) is 13.2 Å². The van der Waals surface area contributed by atoms with E-state index in [0.29, 0.717) is 6.42 Å². The Labute approximate surface area is 294 Å². The van der Waals surface area contributed by atoms with Gasteiger partial charge in [-0.1, -0.05) is 39.1 Å². The van der Waals surface area contributed by atoms with Crippen molar-refractivity contribution in [2.24, 2.45) is 10.8 Å². The number of hydrogen-bond acceptors (Lipinski definition) is 6. The Morgan fingerprint density at radius 1 is 0.717 bits per heavy atom. The first-order valence-electron chi connectivity index (χ1n) is 15.0. The molecule has 2 atom stereocenters. The highest BCUT2D eigenvalue weighted by Crippen LogP contribution is 2.64. The van der Waals surface area contributed by atoms with Crippen molar-refractivity contribution in [1.29, 1.82) is 0 Å². The Balaban J connectivity index is 2.96. The molecule has 1 rings (SSSR count). The van der Waals surface area contributed by atoms with Crippen LogP contribution < -0.4 is 5.32 Å². The summed E-state index contributed by atoms with van der Waals surface area (Å²) in [5.74, 6) is -60.0. The first-order valence-corrected chi connectivity index (χ1v) is 16.0. The van der Waals surface area contributed by atoms with Crippen LogP contribution in [0.15, 0.2) is 12.2 Å². The summed E-state index contributed by atoms with van der Waals surface area (Å²) in [6.45, 7) is 9.43. The summed E-state index contributed by atoms with van der Waals surface area (Å²) in [5, 5.41) is 1.05. The predicted octanol–water partition coefficient (Wildman–Crippen LogP) is 9.86. The molecule has 310 valence electrons. The van der Waals surface area contributed by atoms with E-state index in [1.807, 2.05) is 0 Å². The van der Waals surface area contributed by atoms with E-state index in [1.54, 1.807) is 20.8 Å². The number of amides is 1. The van der Waals surface area contributed by atoms with Crippen molar-refractivity contribution >= 4 is 28.9 Å². The fourth-order valence-electron chi connectivity index (χ4n) is 5.65. The van der Waals surface area contributed by atoms with Crippen LogP contribution in [-0.4, -0.2) is 89.8 Å². The number of hydrogen-bond donors (Lipinski definition) is 1. The highest BCUT2D eigenvalue weighted by atomic mass is 32.2. The van der Waals surface area contributed by atoms with Gasteiger partial charge in [-0.05, 0) is 43.4 Å². The number of nitrogens with one attached hydrogen (secondary N) is 1. The molecule has 1 amide bonds. The summed E-state index contributed by atoms with van der Waals surface area (Å²) < 4.78 is 239. The molecule has 0 bridgehead atoms. The maximum Gasteiger partial charge on any atom is 0.460 e. The summed E-state index contributed by atoms with van der Waals surface area (Å²) in [6.07, 6.45) is -9.77. The van der Waals surface area contributed by atoms with Gasteiger partial charge in [-0.25, -0.2) is 4.79 Å². The Morgan fingerprint density at radius 3 is 1.64 bits per heavy atom. The molecule has 1 N–H and O–H groups in total. The molecular formula is C29H34F17NO5S. The number of rotatable bonds is 17. The lowest BCUT2D eigenvalue weighted by Gasteiger charge is -2.47. The summed E-state index contributed by atoms with van der Waals surface area (Å²) in [4.78, 5) is 36.0. The first-order chi connectivity index (χ1) is 23.4. The lowest BCUT2D eigenvalue weighted by molar-refractivity contribution is -0.461. The van der Waals surface area contributed by atoms with Crippen molar-refractivity contribution in [2.75, 3.05) is 19.0 Å². The molecule has 6 nitrogen and oxygen atoms in total. The lowest BCUT2D eigenvalue weighted by Crippen LogP contribution is -2.74. The number of alkyl halides is 17. The molecule has 0 aliphatic heterocycles. The van der Waals surface area contributed by atoms with Gasteiger partial charge in [0.15, 0.2) is 0 Å². The van der Waals surface area contributed by atoms with Crippen LogP contribution in [0.2, 0.25) is 0 Å². The van der Waals surface area contributed by atoms with Crippen molar-refractivity contribution < 1.29 is 98.5 Å². The van der Waals surface area contributed by atoms with Crippen LogP contribution in [0, 0.1) is 10.8 Å². The highest BCUT2D eigenvalue weighted by molar-refractivity contribution is 8.13. The van der Waals surface area contributed by atoms with Crippen molar-refractivity contribution in [3.63, 3.8) is 0 Å². The van der Waals surface area contributed by atoms with Gasteiger partial charge in [0, 0.05) is 30.2 Å². The van der Waals surface area contributed by atoms with Gasteiger partial charge in [0.2, 0.25) is 0 Å². The van der Waals surface area contributed by atoms with Crippen LogP contribution >= 0.6 is 11.8 Å². The summed E-state index contributed by atoms with van der Waals surface area (Å²) in [6, 6.07) is -0.801. The van der Waals surface area contributed by atoms with E-state index in [-0.39, 0.29) is 56.2 Å². The van der Waals surface area contributed by atoms with Gasteiger partial charge in [-0.15, -0.1) is 0 Å². The molecule has 0 aromatic heterocycles. The third kappa shape index (κ3) is 10.1. The third-order valence-electron chi connectivity index (χ3n) is 8.06. The van der Waals surface area contributed by atoms with Crippen molar-refractivity contribution in [1.82, 2.24) is 5.32 Å². The van der Waals surface area contributed by atoms with E-state index in [9.17, 15) is 89.0 Å². The van der Waals surface area contributed by atoms with Gasteiger partial charge in [0.05, 0.1) is 0 Å². The third-order valence-corrected chi connectivity index (χ3v) is 8.85. The summed E-state index contributed by atoms with van der Waals surface area (Å²) in [5.41, 5.74) is -1.16. The van der Waals surface area contributed by atoms with Gasteiger partial charge in [0.25, 0.3) is 5.24 Å². The molecule has 1 fully saturated rings. The van der Waals surface area contributed by atoms with Gasteiger partial charge in [-0.3, -0.25) is 9.59 Å². The minimum atomic E-state index is -8.71. The van der Waals surface area contributed by atoms with Crippen molar-refractivity contribution in [3.8, 4) is 0 Å². The van der Waals surface area contributed by atoms with E-state index < -0.39 is 93.9 Å². The normalized spacial score (nSPS) is 20.8. The molecule has 24 heteroatoms. The monoisotopic (exact) mass is 831 g/mol. The maximum atomic E-state index is 14.2. The number of carbonyl (C=O) groups excluding carboxylic acids is 3. The Morgan fingerprint density at radius 2 is 1.17 bits per heavy atom. The Bertz CT molecular complexity index is 1350. The Kier molecular flexibility index (Phi) is 14.4. The van der Waals surface area contributed by atoms with Crippen LogP contribution in [-0.2, 0) is 19.1 Å². The fourth-order valence-corrected chi connectivity index (χ4v) is 6.44. The fraction of sp³-hybridized carbons (Fsp3) is 0.828. The smallest absolute Gasteiger partial charge is 0.460 e. The summed E-state index contributed by atoms with van der Waals surface area (Å²) >= 11 is -0.323. The molecule has 1 saturated carbocycles. The molecule has 0 aromatic rings. The molecule has 0 saturated heterocycles. The Hall–Kier alpha value is -2.69. The zero-order valence-corrected chi connectivity index (χ0v) is 28.8. The molecular weight excluding hydrogens is 797 g/mol. The zero-order chi connectivity index (χ0) is 42.1. The van der Waals surface area contributed by atoms with E-state index in [1.165, 1.54) is 6.92 Å². The van der Waals surface area contributed by atoms with E-state index in [2.05, 4.69) is 11.9 Å². The maximum absolute atomic E-state index is 14.2. The first kappa shape index (κ1) is 48.3. The second-order valence-corrected chi connectivity index (χ2v) is 14.6. The average Bonchev–Trinajstić information content (AvgIpc) is 2.95. The summed E-state index contributed by atoms with van der Waals surface area (Å²) in [7, 11) is 0. The molecule has 53 heavy (non-hydrogen) atoms. The van der Waals surface area contributed by atoms with Gasteiger partial charge < -0.3 is 14.8 Å². The van der Waals surface area contributed by atoms with Crippen molar-refractivity contribution in [2.45, 2.75) is 120 Å². The predicted molar refractivity (Wildman–Crippen MR) is 152 cm³/mol. The van der Waals surface area contributed by atoms with E-state index >= 15 is 0 Å². The van der Waals surface area contributed by atoms with Crippen molar-refractivity contribution in [3.05, 3.63) is 12.2 Å². The molecule has 0 heterocycles. The number of esters is 2. The second kappa shape index (κ2) is 15.8. The number of thioether (sulfide) groups is 1. The molecule has 0 radical (unpaired) electrons. The average molecular weight is 832 g/mol. The van der Waals surface area contributed by atoms with Crippen LogP contribution in [0.5, 0.6) is 0 Å². The van der Waals surface area contributed by atoms with Crippen LogP contribution in [0.4, 0.5) is 79.4 Å². The van der Waals surface area contributed by atoms with Crippen LogP contribution in [0.3, 0.4) is 0 Å². The number of carbonyl (C=O) groups is 3. The largest absolute Gasteiger partial charge is 0.462 e. The van der Waals surface area contributed by atoms with Crippen LogP contribution in [0.1, 0.15) is 66.2 Å². The quantitative estimate of drug-likeness (QED) is 0.0681. The lowest BCUT2D eigenvalue weighted by atomic mass is 9.61. The standard InChI is InChI=1S/C29H34F17NO5S/c1-15(2)18(49)52-10-9-51-17(48)6-7-21(5)13-16(12-20(3,4)14-21)47-19(50)53-11-8-22(30,31)23(32,33)24(34,35)25(36,37)26(38,39)27(40,41)28(42,43)29(44,45)46/h16H,1,6-14H2,2-5H3,(H,47,50). The minimum absolute atomic E-state index is 0.111. The van der Waals surface area contributed by atoms with Gasteiger partial charge in [-0.2, -0.15) is 74.6 Å². The molecule has 0 aromatic carbocycles. The van der Waals surface area contributed by atoms with E-state index in [4.69, 9.17) is 9.47 Å². The molecule has 1 aliphatic carbocycles. The van der Waals surface area contributed by atoms with Gasteiger partial charge >= 0.3 is 59.6 Å². The highest BCUT2D eigenvalue weighted by Gasteiger charge is 2.95. The molecule has 0 spiro atoms. The van der Waals surface area contributed by atoms with Crippen LogP contribution in [0.25, 0.3) is 0 Å². The topological polar surface area (TPSA) is 81.7 Å². The van der Waals surface area contributed by atoms with E-state index in [0.717, 1.165) is 0 Å². The molecule has 1 aliphatic rings. The zero-order valence-electron chi connectivity index (χ0n) is 28.0. The SMILES string of the molecule is C=C(C)C(=O)OCCOC(=O)CCC1(C)CC(NC(=O)SCCC(F)(F)C(F)(F)C(F)(F)C(F)(F)C(F)(F)C(F)(F)C(F)(F)C(F)(F)F)CC(C)(C)C1. The second-order valence-electron chi connectivity index (χ2n) is 13.6. The number of ether oxygens (including phenoxy) is 2. The minimum Gasteiger partial charge on any atom is -0.462 e. The number of halogens is 17.